The third-order valence-corrected chi connectivity index (χ3v) is 4.45. The highest BCUT2D eigenvalue weighted by molar-refractivity contribution is 4.98. The van der Waals surface area contributed by atoms with Crippen LogP contribution in [0.25, 0.3) is 0 Å². The summed E-state index contributed by atoms with van der Waals surface area (Å²) in [6.45, 7) is 4.23. The van der Waals surface area contributed by atoms with Crippen molar-refractivity contribution < 1.29 is 5.11 Å². The molecule has 112 valence electrons. The monoisotopic (exact) mass is 266 g/mol. The number of rotatable bonds is 0. The summed E-state index contributed by atoms with van der Waals surface area (Å²) in [5, 5.41) is 9.68. The fourth-order valence-electron chi connectivity index (χ4n) is 3.02. The second-order valence-electron chi connectivity index (χ2n) is 6.77. The number of hydrogen-bond acceptors (Lipinski definition) is 1. The van der Waals surface area contributed by atoms with Gasteiger partial charge in [-0.25, -0.2) is 0 Å². The smallest absolute Gasteiger partial charge is 0.0619 e. The van der Waals surface area contributed by atoms with Crippen molar-refractivity contribution >= 4 is 0 Å². The highest BCUT2D eigenvalue weighted by Gasteiger charge is 2.20. The molecule has 0 aromatic rings. The molecule has 2 aliphatic carbocycles. The summed E-state index contributed by atoms with van der Waals surface area (Å²) in [7, 11) is 0. The Labute approximate surface area is 120 Å². The molecule has 1 N–H and O–H groups in total. The summed E-state index contributed by atoms with van der Waals surface area (Å²) >= 11 is 0. The normalized spacial score (nSPS) is 27.4. The van der Waals surface area contributed by atoms with Crippen LogP contribution in [0, 0.1) is 0 Å². The molecule has 1 saturated carbocycles. The Bertz CT molecular complexity index is 242. The molecule has 1 nitrogen and oxygen atoms in total. The first-order valence-corrected chi connectivity index (χ1v) is 8.48. The Hall–Kier alpha value is -0.300. The zero-order valence-electron chi connectivity index (χ0n) is 13.2. The molecule has 0 aromatic heterocycles. The van der Waals surface area contributed by atoms with E-state index < -0.39 is 0 Å². The minimum absolute atomic E-state index is 0.347. The minimum atomic E-state index is -0.347. The van der Waals surface area contributed by atoms with Crippen molar-refractivity contribution in [3.8, 4) is 0 Å². The fourth-order valence-corrected chi connectivity index (χ4v) is 3.02. The number of aliphatic hydroxyl groups is 1. The lowest BCUT2D eigenvalue weighted by Gasteiger charge is -2.25. The van der Waals surface area contributed by atoms with Gasteiger partial charge in [-0.2, -0.15) is 0 Å². The van der Waals surface area contributed by atoms with Crippen LogP contribution in [0.3, 0.4) is 0 Å². The molecule has 2 rings (SSSR count). The van der Waals surface area contributed by atoms with Gasteiger partial charge in [-0.05, 0) is 52.4 Å². The third kappa shape index (κ3) is 9.27. The molecule has 0 heterocycles. The molecule has 0 radical (unpaired) electrons. The number of allylic oxidation sites excluding steroid dienone is 2. The molecule has 1 fully saturated rings. The maximum Gasteiger partial charge on any atom is 0.0619 e. The van der Waals surface area contributed by atoms with Crippen LogP contribution in [0.2, 0.25) is 0 Å². The largest absolute Gasteiger partial charge is 0.390 e. The van der Waals surface area contributed by atoms with Crippen molar-refractivity contribution in [2.75, 3.05) is 0 Å². The van der Waals surface area contributed by atoms with Gasteiger partial charge in [0.25, 0.3) is 0 Å². The van der Waals surface area contributed by atoms with Crippen molar-refractivity contribution in [1.29, 1.82) is 0 Å². The van der Waals surface area contributed by atoms with Crippen molar-refractivity contribution in [1.82, 2.24) is 0 Å². The zero-order chi connectivity index (χ0) is 14.0. The summed E-state index contributed by atoms with van der Waals surface area (Å²) < 4.78 is 0. The molecular weight excluding hydrogens is 232 g/mol. The van der Waals surface area contributed by atoms with Gasteiger partial charge in [0.1, 0.15) is 0 Å². The Kier molecular flexibility index (Phi) is 8.45. The van der Waals surface area contributed by atoms with Crippen LogP contribution in [-0.2, 0) is 0 Å². The molecule has 0 spiro atoms. The molecular formula is C18H34O. The van der Waals surface area contributed by atoms with Gasteiger partial charge in [0.15, 0.2) is 0 Å². The van der Waals surface area contributed by atoms with Crippen LogP contribution >= 0.6 is 0 Å². The lowest BCUT2D eigenvalue weighted by Crippen LogP contribution is -2.24. The van der Waals surface area contributed by atoms with Crippen LogP contribution in [0.1, 0.15) is 97.3 Å². The Morgan fingerprint density at radius 3 is 2.05 bits per heavy atom. The van der Waals surface area contributed by atoms with Gasteiger partial charge in [0.2, 0.25) is 0 Å². The second kappa shape index (κ2) is 9.58. The van der Waals surface area contributed by atoms with Gasteiger partial charge in [-0.3, -0.25) is 0 Å². The molecule has 0 amide bonds. The van der Waals surface area contributed by atoms with E-state index in [4.69, 9.17) is 0 Å². The van der Waals surface area contributed by atoms with E-state index in [2.05, 4.69) is 13.0 Å². The van der Waals surface area contributed by atoms with Crippen LogP contribution in [0.4, 0.5) is 0 Å². The summed E-state index contributed by atoms with van der Waals surface area (Å²) in [6, 6.07) is 0. The summed E-state index contributed by atoms with van der Waals surface area (Å²) in [5.41, 5.74) is 1.26. The van der Waals surface area contributed by atoms with Gasteiger partial charge in [-0.15, -0.1) is 0 Å². The standard InChI is InChI=1S/C9H18O.C9H16/c1-9(10)7-5-3-2-4-6-8-9;1-9-7-5-3-2-4-6-8-9/h10H,2-8H2,1H3;7H,2-6,8H2,1H3/b;9-7-. The maximum absolute atomic E-state index is 9.68. The second-order valence-corrected chi connectivity index (χ2v) is 6.77. The molecule has 2 aliphatic rings. The lowest BCUT2D eigenvalue weighted by molar-refractivity contribution is 0.0328. The van der Waals surface area contributed by atoms with Crippen LogP contribution in [0.15, 0.2) is 11.6 Å². The summed E-state index contributed by atoms with van der Waals surface area (Å²) in [6.07, 6.45) is 19.3. The SMILES string of the molecule is C/C1=C/CCCCCC1.CC1(O)CCCCCCC1. The third-order valence-electron chi connectivity index (χ3n) is 4.45. The van der Waals surface area contributed by atoms with Gasteiger partial charge in [0.05, 0.1) is 5.60 Å². The van der Waals surface area contributed by atoms with Crippen LogP contribution < -0.4 is 0 Å². The predicted molar refractivity (Wildman–Crippen MR) is 84.4 cm³/mol. The average Bonchev–Trinajstić information content (AvgIpc) is 2.31. The highest BCUT2D eigenvalue weighted by atomic mass is 16.3. The summed E-state index contributed by atoms with van der Waals surface area (Å²) in [5.74, 6) is 0. The van der Waals surface area contributed by atoms with Crippen molar-refractivity contribution in [2.24, 2.45) is 0 Å². The van der Waals surface area contributed by atoms with E-state index in [1.54, 1.807) is 5.57 Å². The molecule has 0 bridgehead atoms. The number of hydrogen-bond donors (Lipinski definition) is 1. The minimum Gasteiger partial charge on any atom is -0.390 e. The quantitative estimate of drug-likeness (QED) is 0.552. The van der Waals surface area contributed by atoms with Crippen LogP contribution in [0.5, 0.6) is 0 Å². The Balaban J connectivity index is 0.000000191. The van der Waals surface area contributed by atoms with E-state index in [0.29, 0.717) is 0 Å². The van der Waals surface area contributed by atoms with Gasteiger partial charge >= 0.3 is 0 Å². The topological polar surface area (TPSA) is 20.2 Å². The van der Waals surface area contributed by atoms with E-state index in [9.17, 15) is 5.11 Å². The zero-order valence-corrected chi connectivity index (χ0v) is 13.2. The Morgan fingerprint density at radius 1 is 0.842 bits per heavy atom. The first-order chi connectivity index (χ1) is 9.10. The van der Waals surface area contributed by atoms with Gasteiger partial charge in [-0.1, -0.05) is 56.6 Å². The van der Waals surface area contributed by atoms with E-state index >= 15 is 0 Å². The molecule has 1 heteroatoms. The highest BCUT2D eigenvalue weighted by Crippen LogP contribution is 2.25. The molecule has 0 saturated heterocycles. The predicted octanol–water partition coefficient (Wildman–Crippen LogP) is 5.77. The van der Waals surface area contributed by atoms with Gasteiger partial charge in [0, 0.05) is 0 Å². The summed E-state index contributed by atoms with van der Waals surface area (Å²) in [4.78, 5) is 0. The molecule has 0 unspecified atom stereocenters. The Morgan fingerprint density at radius 2 is 1.37 bits per heavy atom. The van der Waals surface area contributed by atoms with Gasteiger partial charge < -0.3 is 5.11 Å². The van der Waals surface area contributed by atoms with Crippen molar-refractivity contribution in [2.45, 2.75) is 103 Å². The van der Waals surface area contributed by atoms with E-state index in [-0.39, 0.29) is 5.60 Å². The molecule has 0 aliphatic heterocycles. The average molecular weight is 266 g/mol. The first kappa shape index (κ1) is 16.8. The lowest BCUT2D eigenvalue weighted by atomic mass is 9.89. The molecule has 0 aromatic carbocycles. The van der Waals surface area contributed by atoms with Crippen molar-refractivity contribution in [3.63, 3.8) is 0 Å². The molecule has 19 heavy (non-hydrogen) atoms. The van der Waals surface area contributed by atoms with Crippen LogP contribution in [-0.4, -0.2) is 10.7 Å². The van der Waals surface area contributed by atoms with Crippen molar-refractivity contribution in [3.05, 3.63) is 11.6 Å². The van der Waals surface area contributed by atoms with E-state index in [1.807, 2.05) is 6.92 Å². The van der Waals surface area contributed by atoms with E-state index in [0.717, 1.165) is 12.8 Å². The fraction of sp³-hybridized carbons (Fsp3) is 0.889. The maximum atomic E-state index is 9.68. The van der Waals surface area contributed by atoms with E-state index in [1.165, 1.54) is 70.6 Å². The molecule has 0 atom stereocenters. The first-order valence-electron chi connectivity index (χ1n) is 8.48.